The van der Waals surface area contributed by atoms with Crippen LogP contribution in [0.2, 0.25) is 0 Å². The summed E-state index contributed by atoms with van der Waals surface area (Å²) in [7, 11) is 0. The van der Waals surface area contributed by atoms with Gasteiger partial charge in [0.2, 0.25) is 5.91 Å². The number of aryl methyl sites for hydroxylation is 1. The van der Waals surface area contributed by atoms with Crippen molar-refractivity contribution in [1.82, 2.24) is 9.55 Å². The van der Waals surface area contributed by atoms with Gasteiger partial charge in [-0.25, -0.2) is 9.37 Å². The lowest BCUT2D eigenvalue weighted by atomic mass is 10.1. The molecule has 2 heterocycles. The Kier molecular flexibility index (Phi) is 6.18. The number of carbonyl (C=O) groups excluding carboxylic acids is 1. The zero-order chi connectivity index (χ0) is 22.7. The first-order valence-electron chi connectivity index (χ1n) is 10.1. The fraction of sp³-hybridized carbons (Fsp3) is 0.261. The van der Waals surface area contributed by atoms with Crippen molar-refractivity contribution in [3.63, 3.8) is 0 Å². The molecule has 1 amide bonds. The fourth-order valence-electron chi connectivity index (χ4n) is 3.56. The summed E-state index contributed by atoms with van der Waals surface area (Å²) in [6, 6.07) is 10.7. The van der Waals surface area contributed by atoms with E-state index in [-0.39, 0.29) is 25.4 Å². The predicted octanol–water partition coefficient (Wildman–Crippen LogP) is 2.30. The maximum absolute atomic E-state index is 13.8. The SMILES string of the molecule is Cc1nc(-c2cccc(F)c2)n(CC(=O)Nc2ccc3c(c2)OCCO3)c(=O)c1CCO. The number of ether oxygens (including phenoxy) is 2. The van der Waals surface area contributed by atoms with E-state index in [1.54, 1.807) is 31.2 Å². The van der Waals surface area contributed by atoms with Crippen molar-refractivity contribution in [2.45, 2.75) is 19.9 Å². The summed E-state index contributed by atoms with van der Waals surface area (Å²) in [6.07, 6.45) is 0.102. The lowest BCUT2D eigenvalue weighted by Crippen LogP contribution is -2.33. The lowest BCUT2D eigenvalue weighted by molar-refractivity contribution is -0.116. The molecule has 0 unspecified atom stereocenters. The predicted molar refractivity (Wildman–Crippen MR) is 115 cm³/mol. The second-order valence-corrected chi connectivity index (χ2v) is 7.28. The molecule has 3 aromatic rings. The van der Waals surface area contributed by atoms with Gasteiger partial charge in [0.15, 0.2) is 11.5 Å². The normalized spacial score (nSPS) is 12.5. The largest absolute Gasteiger partial charge is 0.486 e. The number of rotatable bonds is 6. The van der Waals surface area contributed by atoms with Gasteiger partial charge in [-0.3, -0.25) is 14.2 Å². The summed E-state index contributed by atoms with van der Waals surface area (Å²) in [5.41, 5.74) is 1.12. The number of benzene rings is 2. The average Bonchev–Trinajstić information content (AvgIpc) is 2.78. The van der Waals surface area contributed by atoms with E-state index >= 15 is 0 Å². The molecule has 4 rings (SSSR count). The monoisotopic (exact) mass is 439 g/mol. The van der Waals surface area contributed by atoms with Crippen LogP contribution in [0.3, 0.4) is 0 Å². The average molecular weight is 439 g/mol. The quantitative estimate of drug-likeness (QED) is 0.611. The molecule has 0 saturated heterocycles. The third-order valence-electron chi connectivity index (χ3n) is 5.04. The number of aliphatic hydroxyl groups excluding tert-OH is 1. The number of carbonyl (C=O) groups is 1. The summed E-state index contributed by atoms with van der Waals surface area (Å²) in [6.45, 7) is 1.95. The topological polar surface area (TPSA) is 103 Å². The first-order chi connectivity index (χ1) is 15.5. The van der Waals surface area contributed by atoms with Crippen molar-refractivity contribution in [3.05, 3.63) is 69.9 Å². The third-order valence-corrected chi connectivity index (χ3v) is 5.04. The number of hydrogen-bond acceptors (Lipinski definition) is 6. The molecule has 0 spiro atoms. The Morgan fingerprint density at radius 2 is 1.97 bits per heavy atom. The third kappa shape index (κ3) is 4.47. The zero-order valence-corrected chi connectivity index (χ0v) is 17.4. The van der Waals surface area contributed by atoms with Crippen LogP contribution in [-0.4, -0.2) is 40.4 Å². The van der Waals surface area contributed by atoms with Crippen LogP contribution in [0.1, 0.15) is 11.3 Å². The standard InChI is InChI=1S/C23H22FN3O5/c1-14-18(7-8-28)23(30)27(22(25-14)15-3-2-4-16(24)11-15)13-21(29)26-17-5-6-19-20(12-17)32-10-9-31-19/h2-6,11-12,28H,7-10,13H2,1H3,(H,26,29). The highest BCUT2D eigenvalue weighted by Gasteiger charge is 2.19. The molecule has 9 heteroatoms. The van der Waals surface area contributed by atoms with E-state index in [4.69, 9.17) is 9.47 Å². The summed E-state index contributed by atoms with van der Waals surface area (Å²) in [5.74, 6) is 0.332. The van der Waals surface area contributed by atoms with Gasteiger partial charge in [0.05, 0.1) is 0 Å². The minimum Gasteiger partial charge on any atom is -0.486 e. The molecule has 32 heavy (non-hydrogen) atoms. The molecule has 0 atom stereocenters. The Bertz CT molecular complexity index is 1220. The van der Waals surface area contributed by atoms with E-state index in [2.05, 4.69) is 10.3 Å². The molecule has 1 aliphatic rings. The number of aliphatic hydroxyl groups is 1. The van der Waals surface area contributed by atoms with Gasteiger partial charge in [-0.1, -0.05) is 12.1 Å². The van der Waals surface area contributed by atoms with Gasteiger partial charge in [-0.05, 0) is 31.2 Å². The highest BCUT2D eigenvalue weighted by Crippen LogP contribution is 2.32. The molecule has 0 aliphatic carbocycles. The van der Waals surface area contributed by atoms with E-state index in [1.807, 2.05) is 0 Å². The molecule has 0 saturated carbocycles. The van der Waals surface area contributed by atoms with Crippen molar-refractivity contribution in [1.29, 1.82) is 0 Å². The highest BCUT2D eigenvalue weighted by atomic mass is 19.1. The van der Waals surface area contributed by atoms with Crippen molar-refractivity contribution >= 4 is 11.6 Å². The van der Waals surface area contributed by atoms with E-state index in [9.17, 15) is 19.1 Å². The summed E-state index contributed by atoms with van der Waals surface area (Å²) in [5, 5.41) is 12.1. The van der Waals surface area contributed by atoms with Gasteiger partial charge in [-0.2, -0.15) is 0 Å². The number of aromatic nitrogens is 2. The first-order valence-corrected chi connectivity index (χ1v) is 10.1. The minimum atomic E-state index is -0.485. The Morgan fingerprint density at radius 3 is 2.72 bits per heavy atom. The molecule has 0 fully saturated rings. The number of nitrogens with zero attached hydrogens (tertiary/aromatic N) is 2. The van der Waals surface area contributed by atoms with Crippen LogP contribution in [-0.2, 0) is 17.8 Å². The molecule has 2 aromatic carbocycles. The summed E-state index contributed by atoms with van der Waals surface area (Å²) >= 11 is 0. The van der Waals surface area contributed by atoms with Crippen LogP contribution in [0, 0.1) is 12.7 Å². The highest BCUT2D eigenvalue weighted by molar-refractivity contribution is 5.91. The number of nitrogens with one attached hydrogen (secondary N) is 1. The molecular formula is C23H22FN3O5. The van der Waals surface area contributed by atoms with Gasteiger partial charge in [0, 0.05) is 41.6 Å². The second kappa shape index (κ2) is 9.19. The van der Waals surface area contributed by atoms with Crippen LogP contribution in [0.25, 0.3) is 11.4 Å². The number of hydrogen-bond donors (Lipinski definition) is 2. The van der Waals surface area contributed by atoms with Crippen LogP contribution >= 0.6 is 0 Å². The lowest BCUT2D eigenvalue weighted by Gasteiger charge is -2.19. The molecule has 0 radical (unpaired) electrons. The Balaban J connectivity index is 1.67. The summed E-state index contributed by atoms with van der Waals surface area (Å²) < 4.78 is 26.0. The van der Waals surface area contributed by atoms with Crippen molar-refractivity contribution in [3.8, 4) is 22.9 Å². The van der Waals surface area contributed by atoms with Gasteiger partial charge >= 0.3 is 0 Å². The Labute approximate surface area is 183 Å². The van der Waals surface area contributed by atoms with Gasteiger partial charge in [0.25, 0.3) is 5.56 Å². The van der Waals surface area contributed by atoms with E-state index in [1.165, 1.54) is 22.8 Å². The Morgan fingerprint density at radius 1 is 1.19 bits per heavy atom. The van der Waals surface area contributed by atoms with Crippen LogP contribution < -0.4 is 20.3 Å². The van der Waals surface area contributed by atoms with E-state index in [0.29, 0.717) is 47.2 Å². The smallest absolute Gasteiger partial charge is 0.257 e. The number of amides is 1. The molecule has 1 aromatic heterocycles. The fourth-order valence-corrected chi connectivity index (χ4v) is 3.56. The van der Waals surface area contributed by atoms with Crippen molar-refractivity contribution in [2.24, 2.45) is 0 Å². The number of anilines is 1. The van der Waals surface area contributed by atoms with Crippen LogP contribution in [0.15, 0.2) is 47.3 Å². The second-order valence-electron chi connectivity index (χ2n) is 7.28. The van der Waals surface area contributed by atoms with Gasteiger partial charge in [0.1, 0.15) is 31.4 Å². The zero-order valence-electron chi connectivity index (χ0n) is 17.4. The number of fused-ring (bicyclic) bond motifs is 1. The van der Waals surface area contributed by atoms with E-state index in [0.717, 1.165) is 0 Å². The van der Waals surface area contributed by atoms with Crippen LogP contribution in [0.5, 0.6) is 11.5 Å². The molecule has 166 valence electrons. The summed E-state index contributed by atoms with van der Waals surface area (Å²) in [4.78, 5) is 30.4. The van der Waals surface area contributed by atoms with Crippen molar-refractivity contribution in [2.75, 3.05) is 25.1 Å². The number of halogens is 1. The molecule has 1 aliphatic heterocycles. The first kappa shape index (κ1) is 21.5. The van der Waals surface area contributed by atoms with Crippen molar-refractivity contribution < 1.29 is 23.8 Å². The minimum absolute atomic E-state index is 0.102. The maximum Gasteiger partial charge on any atom is 0.257 e. The van der Waals surface area contributed by atoms with Gasteiger partial charge in [-0.15, -0.1) is 0 Å². The van der Waals surface area contributed by atoms with Crippen LogP contribution in [0.4, 0.5) is 10.1 Å². The molecular weight excluding hydrogens is 417 g/mol. The molecule has 0 bridgehead atoms. The molecule has 8 nitrogen and oxygen atoms in total. The Hall–Kier alpha value is -3.72. The maximum atomic E-state index is 13.8. The molecule has 2 N–H and O–H groups in total. The van der Waals surface area contributed by atoms with E-state index < -0.39 is 17.3 Å². The van der Waals surface area contributed by atoms with Gasteiger partial charge < -0.3 is 19.9 Å².